The van der Waals surface area contributed by atoms with Crippen LogP contribution in [-0.4, -0.2) is 37.4 Å². The summed E-state index contributed by atoms with van der Waals surface area (Å²) in [6.07, 6.45) is 0.279. The van der Waals surface area contributed by atoms with E-state index >= 15 is 0 Å². The fourth-order valence-electron chi connectivity index (χ4n) is 3.43. The standard InChI is InChI=1S/C22H24FN5O4/c1-21(2,3)13-22(19(29)30,25-20(31)32-12-15-7-5-4-6-8-15)16-9-10-18(17(23)11-16)28-14-24-26-27-28/h4-11,14H,12-13H2,1-3H3,(H,25,31)(H,29,30)/t22-/m1/s1. The summed E-state index contributed by atoms with van der Waals surface area (Å²) in [4.78, 5) is 25.1. The molecule has 1 atom stereocenters. The summed E-state index contributed by atoms with van der Waals surface area (Å²) < 4.78 is 21.3. The molecule has 0 spiro atoms. The van der Waals surface area contributed by atoms with E-state index in [-0.39, 0.29) is 24.3 Å². The van der Waals surface area contributed by atoms with E-state index in [1.165, 1.54) is 18.5 Å². The number of aliphatic carboxylic acids is 1. The van der Waals surface area contributed by atoms with Crippen molar-refractivity contribution >= 4 is 12.1 Å². The van der Waals surface area contributed by atoms with Gasteiger partial charge in [0.15, 0.2) is 5.54 Å². The number of tetrazole rings is 1. The quantitative estimate of drug-likeness (QED) is 0.576. The Morgan fingerprint density at radius 2 is 1.88 bits per heavy atom. The number of amides is 1. The topological polar surface area (TPSA) is 119 Å². The van der Waals surface area contributed by atoms with Gasteiger partial charge in [-0.25, -0.2) is 14.0 Å². The maximum atomic E-state index is 14.9. The zero-order chi connectivity index (χ0) is 23.4. The number of rotatable bonds is 7. The molecule has 1 amide bonds. The summed E-state index contributed by atoms with van der Waals surface area (Å²) in [7, 11) is 0. The van der Waals surface area contributed by atoms with Crippen molar-refractivity contribution in [3.8, 4) is 5.69 Å². The van der Waals surface area contributed by atoms with Crippen LogP contribution in [-0.2, 0) is 21.7 Å². The molecule has 0 bridgehead atoms. The summed E-state index contributed by atoms with van der Waals surface area (Å²) in [6.45, 7) is 5.44. The predicted molar refractivity (Wildman–Crippen MR) is 112 cm³/mol. The van der Waals surface area contributed by atoms with Crippen LogP contribution < -0.4 is 5.32 Å². The number of hydrogen-bond acceptors (Lipinski definition) is 6. The van der Waals surface area contributed by atoms with Crippen molar-refractivity contribution in [3.05, 3.63) is 71.8 Å². The lowest BCUT2D eigenvalue weighted by Gasteiger charge is -2.36. The van der Waals surface area contributed by atoms with Crippen LogP contribution in [0.15, 0.2) is 54.9 Å². The molecule has 0 aliphatic carbocycles. The van der Waals surface area contributed by atoms with E-state index in [4.69, 9.17) is 4.74 Å². The van der Waals surface area contributed by atoms with Gasteiger partial charge in [0.25, 0.3) is 0 Å². The maximum Gasteiger partial charge on any atom is 0.408 e. The molecule has 0 aliphatic heterocycles. The Balaban J connectivity index is 1.94. The minimum Gasteiger partial charge on any atom is -0.479 e. The van der Waals surface area contributed by atoms with Crippen LogP contribution >= 0.6 is 0 Å². The SMILES string of the molecule is CC(C)(C)C[C@](NC(=O)OCc1ccccc1)(C(=O)O)c1ccc(-n2cnnn2)c(F)c1. The van der Waals surface area contributed by atoms with Gasteiger partial charge in [-0.15, -0.1) is 5.10 Å². The smallest absolute Gasteiger partial charge is 0.408 e. The van der Waals surface area contributed by atoms with Crippen molar-refractivity contribution in [2.24, 2.45) is 5.41 Å². The van der Waals surface area contributed by atoms with E-state index in [1.807, 2.05) is 26.8 Å². The number of halogens is 1. The van der Waals surface area contributed by atoms with Crippen molar-refractivity contribution in [2.75, 3.05) is 0 Å². The Morgan fingerprint density at radius 1 is 1.16 bits per heavy atom. The number of nitrogens with one attached hydrogen (secondary N) is 1. The maximum absolute atomic E-state index is 14.9. The van der Waals surface area contributed by atoms with E-state index < -0.39 is 28.8 Å². The monoisotopic (exact) mass is 441 g/mol. The number of carbonyl (C=O) groups excluding carboxylic acids is 1. The van der Waals surface area contributed by atoms with E-state index in [1.54, 1.807) is 24.3 Å². The molecule has 3 aromatic rings. The largest absolute Gasteiger partial charge is 0.479 e. The molecule has 3 rings (SSSR count). The molecular formula is C22H24FN5O4. The van der Waals surface area contributed by atoms with Crippen molar-refractivity contribution in [1.82, 2.24) is 25.5 Å². The highest BCUT2D eigenvalue weighted by Crippen LogP contribution is 2.36. The van der Waals surface area contributed by atoms with E-state index in [2.05, 4.69) is 20.8 Å². The molecule has 10 heteroatoms. The average Bonchev–Trinajstić information content (AvgIpc) is 3.26. The van der Waals surface area contributed by atoms with Gasteiger partial charge in [0.2, 0.25) is 0 Å². The summed E-state index contributed by atoms with van der Waals surface area (Å²) >= 11 is 0. The van der Waals surface area contributed by atoms with Gasteiger partial charge in [0.05, 0.1) is 0 Å². The number of alkyl carbamates (subject to hydrolysis) is 1. The summed E-state index contributed by atoms with van der Waals surface area (Å²) in [5.41, 5.74) is -1.61. The van der Waals surface area contributed by atoms with Gasteiger partial charge >= 0.3 is 12.1 Å². The molecule has 0 radical (unpaired) electrons. The van der Waals surface area contributed by atoms with Crippen LogP contribution in [0.1, 0.15) is 38.3 Å². The van der Waals surface area contributed by atoms with Crippen LogP contribution in [0.2, 0.25) is 0 Å². The molecule has 0 fully saturated rings. The van der Waals surface area contributed by atoms with Gasteiger partial charge in [0.1, 0.15) is 24.4 Å². The lowest BCUT2D eigenvalue weighted by atomic mass is 9.75. The molecule has 9 nitrogen and oxygen atoms in total. The molecule has 32 heavy (non-hydrogen) atoms. The summed E-state index contributed by atoms with van der Waals surface area (Å²) in [6, 6.07) is 12.8. The van der Waals surface area contributed by atoms with Crippen LogP contribution in [0.3, 0.4) is 0 Å². The van der Waals surface area contributed by atoms with Crippen molar-refractivity contribution < 1.29 is 23.8 Å². The summed E-state index contributed by atoms with van der Waals surface area (Å²) in [5.74, 6) is -2.08. The fourth-order valence-corrected chi connectivity index (χ4v) is 3.43. The fraction of sp³-hybridized carbons (Fsp3) is 0.318. The van der Waals surface area contributed by atoms with Gasteiger partial charge in [-0.05, 0) is 45.5 Å². The molecule has 168 valence electrons. The first-order valence-electron chi connectivity index (χ1n) is 9.86. The zero-order valence-electron chi connectivity index (χ0n) is 17.9. The van der Waals surface area contributed by atoms with E-state index in [0.717, 1.165) is 16.3 Å². The van der Waals surface area contributed by atoms with Crippen molar-refractivity contribution in [3.63, 3.8) is 0 Å². The van der Waals surface area contributed by atoms with Gasteiger partial charge < -0.3 is 15.2 Å². The predicted octanol–water partition coefficient (Wildman–Crippen LogP) is 3.44. The van der Waals surface area contributed by atoms with Gasteiger partial charge in [-0.1, -0.05) is 57.2 Å². The normalized spacial score (nSPS) is 13.2. The van der Waals surface area contributed by atoms with E-state index in [0.29, 0.717) is 0 Å². The lowest BCUT2D eigenvalue weighted by Crippen LogP contribution is -2.54. The van der Waals surface area contributed by atoms with Crippen LogP contribution in [0, 0.1) is 11.2 Å². The first-order valence-corrected chi connectivity index (χ1v) is 9.86. The number of nitrogens with zero attached hydrogens (tertiary/aromatic N) is 4. The first kappa shape index (κ1) is 22.9. The molecular weight excluding hydrogens is 417 g/mol. The van der Waals surface area contributed by atoms with Gasteiger partial charge in [-0.2, -0.15) is 4.68 Å². The lowest BCUT2D eigenvalue weighted by molar-refractivity contribution is -0.146. The molecule has 0 saturated carbocycles. The number of hydrogen-bond donors (Lipinski definition) is 2. The molecule has 2 aromatic carbocycles. The van der Waals surface area contributed by atoms with Crippen LogP contribution in [0.25, 0.3) is 5.69 Å². The highest BCUT2D eigenvalue weighted by atomic mass is 19.1. The first-order chi connectivity index (χ1) is 15.1. The second-order valence-corrected chi connectivity index (χ2v) is 8.56. The van der Waals surface area contributed by atoms with Gasteiger partial charge in [0, 0.05) is 0 Å². The zero-order valence-corrected chi connectivity index (χ0v) is 17.9. The van der Waals surface area contributed by atoms with Crippen LogP contribution in [0.5, 0.6) is 0 Å². The number of carbonyl (C=O) groups is 2. The van der Waals surface area contributed by atoms with E-state index in [9.17, 15) is 19.1 Å². The molecule has 1 heterocycles. The average molecular weight is 441 g/mol. The minimum absolute atomic E-state index is 0.0144. The molecule has 1 aromatic heterocycles. The Hall–Kier alpha value is -3.82. The third-order valence-corrected chi connectivity index (χ3v) is 4.73. The van der Waals surface area contributed by atoms with Gasteiger partial charge in [-0.3, -0.25) is 0 Å². The minimum atomic E-state index is -1.92. The second kappa shape index (κ2) is 9.13. The third kappa shape index (κ3) is 5.26. The Labute approximate surface area is 184 Å². The number of benzene rings is 2. The molecule has 0 saturated heterocycles. The molecule has 0 unspecified atom stereocenters. The van der Waals surface area contributed by atoms with Crippen LogP contribution in [0.4, 0.5) is 9.18 Å². The summed E-state index contributed by atoms with van der Waals surface area (Å²) in [5, 5.41) is 23.3. The molecule has 2 N–H and O–H groups in total. The number of carboxylic acids is 1. The number of ether oxygens (including phenoxy) is 1. The Morgan fingerprint density at radius 3 is 2.44 bits per heavy atom. The highest BCUT2D eigenvalue weighted by molar-refractivity contribution is 5.86. The Kier molecular flexibility index (Phi) is 6.52. The second-order valence-electron chi connectivity index (χ2n) is 8.56. The third-order valence-electron chi connectivity index (χ3n) is 4.73. The number of aromatic nitrogens is 4. The number of carboxylic acid groups (broad SMARTS) is 1. The molecule has 0 aliphatic rings. The highest BCUT2D eigenvalue weighted by Gasteiger charge is 2.46. The Bertz CT molecular complexity index is 1080. The van der Waals surface area contributed by atoms with Crippen molar-refractivity contribution in [1.29, 1.82) is 0 Å². The van der Waals surface area contributed by atoms with Crippen molar-refractivity contribution in [2.45, 2.75) is 39.3 Å².